The molecule has 2 amide bonds. The Morgan fingerprint density at radius 2 is 1.68 bits per heavy atom. The molecule has 1 heterocycles. The molecule has 0 saturated carbocycles. The van der Waals surface area contributed by atoms with Crippen LogP contribution in [0.15, 0.2) is 82.4 Å². The van der Waals surface area contributed by atoms with E-state index < -0.39 is 22.9 Å². The molecule has 4 rings (SSSR count). The van der Waals surface area contributed by atoms with E-state index in [1.54, 1.807) is 19.1 Å². The molecule has 0 aliphatic heterocycles. The lowest BCUT2D eigenvalue weighted by atomic mass is 10.1. The molecule has 0 spiro atoms. The summed E-state index contributed by atoms with van der Waals surface area (Å²) in [4.78, 5) is 51.0. The number of hydrazine groups is 1. The molecule has 0 radical (unpaired) electrons. The predicted molar refractivity (Wildman–Crippen MR) is 127 cm³/mol. The number of carbonyl (C=O) groups excluding carboxylic acids is 2. The molecule has 4 aromatic rings. The van der Waals surface area contributed by atoms with E-state index >= 15 is 0 Å². The summed E-state index contributed by atoms with van der Waals surface area (Å²) in [7, 11) is 0. The first-order valence-corrected chi connectivity index (χ1v) is 10.6. The summed E-state index contributed by atoms with van der Waals surface area (Å²) in [5.41, 5.74) is 6.03. The molecule has 0 aliphatic carbocycles. The number of rotatable bonds is 6. The number of nitrogens with one attached hydrogen (secondary N) is 3. The van der Waals surface area contributed by atoms with Gasteiger partial charge in [-0.1, -0.05) is 48.5 Å². The SMILES string of the molecule is CCn1c(=O)c(=O)[nH]c2cc(C(=O)NNC(=O)COc3ccccc3-c3ccccc3)ccc21. The van der Waals surface area contributed by atoms with Gasteiger partial charge in [-0.05, 0) is 36.8 Å². The van der Waals surface area contributed by atoms with Gasteiger partial charge in [0.15, 0.2) is 6.61 Å². The fraction of sp³-hybridized carbons (Fsp3) is 0.120. The molecule has 34 heavy (non-hydrogen) atoms. The Labute approximate surface area is 194 Å². The Kier molecular flexibility index (Phi) is 6.54. The van der Waals surface area contributed by atoms with Crippen molar-refractivity contribution in [3.8, 4) is 16.9 Å². The molecule has 0 atom stereocenters. The number of hydrogen-bond acceptors (Lipinski definition) is 5. The van der Waals surface area contributed by atoms with Gasteiger partial charge < -0.3 is 14.3 Å². The van der Waals surface area contributed by atoms with Crippen molar-refractivity contribution < 1.29 is 14.3 Å². The van der Waals surface area contributed by atoms with E-state index in [-0.39, 0.29) is 12.2 Å². The number of aryl methyl sites for hydroxylation is 1. The molecular weight excluding hydrogens is 436 g/mol. The second-order valence-electron chi connectivity index (χ2n) is 7.39. The molecule has 0 unspecified atom stereocenters. The Morgan fingerprint density at radius 3 is 2.44 bits per heavy atom. The van der Waals surface area contributed by atoms with Crippen LogP contribution in [0.3, 0.4) is 0 Å². The molecule has 9 nitrogen and oxygen atoms in total. The molecule has 172 valence electrons. The molecule has 0 aliphatic rings. The van der Waals surface area contributed by atoms with Gasteiger partial charge in [-0.15, -0.1) is 0 Å². The van der Waals surface area contributed by atoms with Crippen LogP contribution in [-0.2, 0) is 11.3 Å². The lowest BCUT2D eigenvalue weighted by molar-refractivity contribution is -0.123. The van der Waals surface area contributed by atoms with Crippen LogP contribution in [0.5, 0.6) is 5.75 Å². The normalized spacial score (nSPS) is 10.6. The quantitative estimate of drug-likeness (QED) is 0.302. The first-order valence-electron chi connectivity index (χ1n) is 10.6. The molecule has 0 fully saturated rings. The van der Waals surface area contributed by atoms with Crippen LogP contribution in [0.2, 0.25) is 0 Å². The van der Waals surface area contributed by atoms with Crippen LogP contribution in [0.4, 0.5) is 0 Å². The highest BCUT2D eigenvalue weighted by molar-refractivity contribution is 5.98. The van der Waals surface area contributed by atoms with Crippen molar-refractivity contribution >= 4 is 22.8 Å². The second kappa shape index (κ2) is 9.86. The van der Waals surface area contributed by atoms with Crippen molar-refractivity contribution in [3.63, 3.8) is 0 Å². The number of H-pyrrole nitrogens is 1. The Hall–Kier alpha value is -4.66. The number of benzene rings is 3. The van der Waals surface area contributed by atoms with Crippen molar-refractivity contribution in [1.29, 1.82) is 0 Å². The predicted octanol–water partition coefficient (Wildman–Crippen LogP) is 2.22. The van der Waals surface area contributed by atoms with E-state index in [0.29, 0.717) is 23.3 Å². The summed E-state index contributed by atoms with van der Waals surface area (Å²) in [5, 5.41) is 0. The number of aromatic nitrogens is 2. The smallest absolute Gasteiger partial charge is 0.316 e. The molecule has 3 aromatic carbocycles. The highest BCUT2D eigenvalue weighted by Gasteiger charge is 2.13. The summed E-state index contributed by atoms with van der Waals surface area (Å²) >= 11 is 0. The fourth-order valence-electron chi connectivity index (χ4n) is 3.56. The van der Waals surface area contributed by atoms with Gasteiger partial charge in [0.25, 0.3) is 11.8 Å². The van der Waals surface area contributed by atoms with E-state index in [2.05, 4.69) is 15.8 Å². The van der Waals surface area contributed by atoms with Gasteiger partial charge in [0.05, 0.1) is 11.0 Å². The lowest BCUT2D eigenvalue weighted by Gasteiger charge is -2.12. The van der Waals surface area contributed by atoms with Crippen molar-refractivity contribution in [2.75, 3.05) is 6.61 Å². The summed E-state index contributed by atoms with van der Waals surface area (Å²) in [6, 6.07) is 21.5. The average Bonchev–Trinajstić information content (AvgIpc) is 2.87. The number of amides is 2. The van der Waals surface area contributed by atoms with Gasteiger partial charge in [-0.25, -0.2) is 0 Å². The first kappa shape index (κ1) is 22.5. The number of hydrogen-bond donors (Lipinski definition) is 3. The Balaban J connectivity index is 1.40. The van der Waals surface area contributed by atoms with E-state index in [4.69, 9.17) is 4.74 Å². The number of aromatic amines is 1. The van der Waals surface area contributed by atoms with E-state index in [9.17, 15) is 19.2 Å². The number of fused-ring (bicyclic) bond motifs is 1. The van der Waals surface area contributed by atoms with Crippen LogP contribution < -0.4 is 26.7 Å². The molecular formula is C25H22N4O5. The van der Waals surface area contributed by atoms with E-state index in [0.717, 1.165) is 11.1 Å². The zero-order valence-electron chi connectivity index (χ0n) is 18.3. The van der Waals surface area contributed by atoms with Crippen molar-refractivity contribution in [1.82, 2.24) is 20.4 Å². The first-order chi connectivity index (χ1) is 16.5. The monoisotopic (exact) mass is 458 g/mol. The number of carbonyl (C=O) groups is 2. The molecule has 0 saturated heterocycles. The summed E-state index contributed by atoms with van der Waals surface area (Å²) in [6.45, 7) is 1.75. The standard InChI is InChI=1S/C25H22N4O5/c1-2-29-20-13-12-17(14-19(20)26-24(32)25(29)33)23(31)28-27-22(30)15-34-21-11-7-6-10-18(21)16-8-4-3-5-9-16/h3-14H,2,15H2,1H3,(H,26,32)(H,27,30)(H,28,31). The molecule has 0 bridgehead atoms. The second-order valence-corrected chi connectivity index (χ2v) is 7.39. The Morgan fingerprint density at radius 1 is 0.941 bits per heavy atom. The third-order valence-electron chi connectivity index (χ3n) is 5.20. The van der Waals surface area contributed by atoms with Gasteiger partial charge in [-0.2, -0.15) is 0 Å². The van der Waals surface area contributed by atoms with Crippen molar-refractivity contribution in [2.45, 2.75) is 13.5 Å². The third kappa shape index (κ3) is 4.73. The maximum Gasteiger partial charge on any atom is 0.316 e. The molecule has 9 heteroatoms. The number of para-hydroxylation sites is 1. The van der Waals surface area contributed by atoms with Gasteiger partial charge in [0.1, 0.15) is 5.75 Å². The summed E-state index contributed by atoms with van der Waals surface area (Å²) < 4.78 is 6.99. The highest BCUT2D eigenvalue weighted by Crippen LogP contribution is 2.29. The topological polar surface area (TPSA) is 122 Å². The number of nitrogens with zero attached hydrogens (tertiary/aromatic N) is 1. The van der Waals surface area contributed by atoms with Crippen LogP contribution in [-0.4, -0.2) is 28.0 Å². The van der Waals surface area contributed by atoms with Crippen LogP contribution in [0.1, 0.15) is 17.3 Å². The zero-order valence-corrected chi connectivity index (χ0v) is 18.3. The van der Waals surface area contributed by atoms with Crippen LogP contribution in [0, 0.1) is 0 Å². The van der Waals surface area contributed by atoms with Gasteiger partial charge in [0.2, 0.25) is 0 Å². The minimum atomic E-state index is -0.770. The summed E-state index contributed by atoms with van der Waals surface area (Å²) in [5.74, 6) is -0.601. The highest BCUT2D eigenvalue weighted by atomic mass is 16.5. The molecule has 1 aromatic heterocycles. The summed E-state index contributed by atoms with van der Waals surface area (Å²) in [6.07, 6.45) is 0. The third-order valence-corrected chi connectivity index (χ3v) is 5.20. The van der Waals surface area contributed by atoms with Crippen molar-refractivity contribution in [3.05, 3.63) is 99.1 Å². The van der Waals surface area contributed by atoms with E-state index in [1.165, 1.54) is 16.7 Å². The fourth-order valence-corrected chi connectivity index (χ4v) is 3.56. The maximum atomic E-state index is 12.5. The van der Waals surface area contributed by atoms with Crippen LogP contribution in [0.25, 0.3) is 22.2 Å². The largest absolute Gasteiger partial charge is 0.483 e. The number of ether oxygens (including phenoxy) is 1. The molecule has 3 N–H and O–H groups in total. The van der Waals surface area contributed by atoms with Crippen LogP contribution >= 0.6 is 0 Å². The zero-order chi connectivity index (χ0) is 24.1. The van der Waals surface area contributed by atoms with Gasteiger partial charge >= 0.3 is 11.1 Å². The average molecular weight is 458 g/mol. The lowest BCUT2D eigenvalue weighted by Crippen LogP contribution is -2.43. The van der Waals surface area contributed by atoms with E-state index in [1.807, 2.05) is 48.5 Å². The van der Waals surface area contributed by atoms with Gasteiger partial charge in [-0.3, -0.25) is 30.0 Å². The minimum absolute atomic E-state index is 0.195. The Bertz CT molecular complexity index is 1470. The minimum Gasteiger partial charge on any atom is -0.483 e. The van der Waals surface area contributed by atoms with Crippen molar-refractivity contribution in [2.24, 2.45) is 0 Å². The van der Waals surface area contributed by atoms with Gasteiger partial charge in [0, 0.05) is 17.7 Å². The maximum absolute atomic E-state index is 12.5.